The molecular weight excluding hydrogens is 372 g/mol. The van der Waals surface area contributed by atoms with E-state index in [-0.39, 0.29) is 0 Å². The van der Waals surface area contributed by atoms with Crippen LogP contribution in [0.5, 0.6) is 11.8 Å². The Balaban J connectivity index is 1.50. The minimum absolute atomic E-state index is 0.302. The Morgan fingerprint density at radius 2 is 2.03 bits per heavy atom. The topological polar surface area (TPSA) is 98.0 Å². The summed E-state index contributed by atoms with van der Waals surface area (Å²) >= 11 is 0. The van der Waals surface area contributed by atoms with E-state index >= 15 is 0 Å². The summed E-state index contributed by atoms with van der Waals surface area (Å²) in [7, 11) is 1.72. The Bertz CT molecular complexity index is 856. The molecule has 2 aliphatic heterocycles. The van der Waals surface area contributed by atoms with Crippen LogP contribution in [0.3, 0.4) is 0 Å². The lowest BCUT2D eigenvalue weighted by Crippen LogP contribution is -2.35. The van der Waals surface area contributed by atoms with Gasteiger partial charge in [0, 0.05) is 31.7 Å². The van der Waals surface area contributed by atoms with Crippen molar-refractivity contribution in [2.24, 2.45) is 0 Å². The Morgan fingerprint density at radius 1 is 1.21 bits per heavy atom. The molecular formula is C20H28N6O3. The second kappa shape index (κ2) is 8.71. The van der Waals surface area contributed by atoms with Crippen molar-refractivity contribution < 1.29 is 14.2 Å². The fourth-order valence-corrected chi connectivity index (χ4v) is 3.66. The maximum atomic E-state index is 6.06. The van der Waals surface area contributed by atoms with Gasteiger partial charge in [-0.1, -0.05) is 12.1 Å². The molecule has 4 rings (SSSR count). The van der Waals surface area contributed by atoms with E-state index in [2.05, 4.69) is 43.3 Å². The van der Waals surface area contributed by atoms with Gasteiger partial charge in [-0.05, 0) is 18.6 Å². The highest BCUT2D eigenvalue weighted by Crippen LogP contribution is 2.36. The lowest BCUT2D eigenvalue weighted by atomic mass is 10.1. The first kappa shape index (κ1) is 19.5. The summed E-state index contributed by atoms with van der Waals surface area (Å²) in [6, 6.07) is 6.69. The molecule has 2 aliphatic rings. The number of nitrogens with one attached hydrogen (secondary N) is 1. The maximum Gasteiger partial charge on any atom is 0.320 e. The highest BCUT2D eigenvalue weighted by Gasteiger charge is 2.25. The number of hydrogen-bond donors (Lipinski definition) is 2. The summed E-state index contributed by atoms with van der Waals surface area (Å²) in [6.07, 6.45) is 0. The number of methoxy groups -OCH3 is 1. The van der Waals surface area contributed by atoms with Crippen LogP contribution in [0, 0.1) is 0 Å². The largest absolute Gasteiger partial charge is 0.496 e. The zero-order valence-corrected chi connectivity index (χ0v) is 17.0. The zero-order valence-electron chi connectivity index (χ0n) is 17.0. The van der Waals surface area contributed by atoms with Crippen LogP contribution < -0.4 is 25.4 Å². The van der Waals surface area contributed by atoms with E-state index in [1.807, 2.05) is 6.92 Å². The molecule has 0 amide bonds. The lowest BCUT2D eigenvalue weighted by Gasteiger charge is -2.27. The molecule has 1 aromatic carbocycles. The average Bonchev–Trinajstić information content (AvgIpc) is 3.13. The van der Waals surface area contributed by atoms with Crippen LogP contribution in [-0.2, 0) is 17.8 Å². The smallest absolute Gasteiger partial charge is 0.320 e. The number of rotatable bonds is 7. The summed E-state index contributed by atoms with van der Waals surface area (Å²) in [6.45, 7) is 8.02. The Hall–Kier alpha value is -2.78. The van der Waals surface area contributed by atoms with E-state index in [9.17, 15) is 0 Å². The number of aromatic nitrogens is 2. The molecule has 0 atom stereocenters. The minimum Gasteiger partial charge on any atom is -0.496 e. The molecule has 0 radical (unpaired) electrons. The summed E-state index contributed by atoms with van der Waals surface area (Å²) in [5.41, 5.74) is 9.13. The number of hydrogen-bond acceptors (Lipinski definition) is 9. The van der Waals surface area contributed by atoms with Gasteiger partial charge in [0.1, 0.15) is 11.4 Å². The first-order valence-electron chi connectivity index (χ1n) is 9.93. The van der Waals surface area contributed by atoms with Crippen molar-refractivity contribution in [2.45, 2.75) is 20.0 Å². The molecule has 9 nitrogen and oxygen atoms in total. The van der Waals surface area contributed by atoms with Gasteiger partial charge in [-0.3, -0.25) is 4.90 Å². The summed E-state index contributed by atoms with van der Waals surface area (Å²) in [4.78, 5) is 13.2. The maximum absolute atomic E-state index is 6.06. The number of nitrogens with two attached hydrogens (primary N) is 1. The number of fused-ring (bicyclic) bond motifs is 1. The summed E-state index contributed by atoms with van der Waals surface area (Å²) in [5.74, 6) is 2.07. The van der Waals surface area contributed by atoms with Crippen molar-refractivity contribution in [3.8, 4) is 11.8 Å². The predicted molar refractivity (Wildman–Crippen MR) is 111 cm³/mol. The molecule has 0 aliphatic carbocycles. The van der Waals surface area contributed by atoms with Gasteiger partial charge in [-0.2, -0.15) is 9.97 Å². The molecule has 9 heteroatoms. The van der Waals surface area contributed by atoms with Gasteiger partial charge in [-0.15, -0.1) is 0 Å². The van der Waals surface area contributed by atoms with Crippen molar-refractivity contribution in [1.82, 2.24) is 14.9 Å². The van der Waals surface area contributed by atoms with Crippen molar-refractivity contribution in [3.05, 3.63) is 29.3 Å². The first-order valence-corrected chi connectivity index (χ1v) is 9.93. The van der Waals surface area contributed by atoms with Gasteiger partial charge in [0.15, 0.2) is 11.6 Å². The first-order chi connectivity index (χ1) is 14.2. The SMILES string of the molecule is CCOc1nc(N)c2c(n1)N(Cc1ccc(CN3CCOCC3)c(OC)c1)CN2. The number of ether oxygens (including phenoxy) is 3. The molecule has 0 spiro atoms. The Morgan fingerprint density at radius 3 is 2.79 bits per heavy atom. The van der Waals surface area contributed by atoms with Gasteiger partial charge in [0.2, 0.25) is 0 Å². The van der Waals surface area contributed by atoms with E-state index in [1.54, 1.807) is 7.11 Å². The number of benzene rings is 1. The standard InChI is InChI=1S/C20H28N6O3/c1-3-29-20-23-18(21)17-19(24-20)26(13-22-17)11-14-4-5-15(16(10-14)27-2)12-25-6-8-28-9-7-25/h4-5,10,22H,3,6-9,11-13H2,1-2H3,(H2,21,23,24). The molecule has 29 heavy (non-hydrogen) atoms. The Labute approximate surface area is 170 Å². The normalized spacial score (nSPS) is 16.4. The van der Waals surface area contributed by atoms with Crippen molar-refractivity contribution in [3.63, 3.8) is 0 Å². The highest BCUT2D eigenvalue weighted by atomic mass is 16.5. The van der Waals surface area contributed by atoms with Crippen LogP contribution in [0.4, 0.5) is 17.3 Å². The van der Waals surface area contributed by atoms with Crippen molar-refractivity contribution >= 4 is 17.3 Å². The van der Waals surface area contributed by atoms with E-state index in [4.69, 9.17) is 19.9 Å². The number of nitrogen functional groups attached to an aromatic ring is 1. The van der Waals surface area contributed by atoms with Crippen LogP contribution in [0.15, 0.2) is 18.2 Å². The molecule has 0 saturated carbocycles. The second-order valence-corrected chi connectivity index (χ2v) is 7.09. The van der Waals surface area contributed by atoms with Gasteiger partial charge in [0.05, 0.1) is 33.6 Å². The van der Waals surface area contributed by atoms with Crippen LogP contribution in [0.25, 0.3) is 0 Å². The van der Waals surface area contributed by atoms with E-state index in [0.717, 1.165) is 55.7 Å². The predicted octanol–water partition coefficient (Wildman–Crippen LogP) is 1.69. The van der Waals surface area contributed by atoms with E-state index in [0.29, 0.717) is 31.6 Å². The monoisotopic (exact) mass is 400 g/mol. The average molecular weight is 400 g/mol. The van der Waals surface area contributed by atoms with Crippen LogP contribution in [-0.4, -0.2) is 61.6 Å². The highest BCUT2D eigenvalue weighted by molar-refractivity contribution is 5.80. The van der Waals surface area contributed by atoms with Crippen molar-refractivity contribution in [2.75, 3.05) is 62.6 Å². The van der Waals surface area contributed by atoms with E-state index < -0.39 is 0 Å². The fourth-order valence-electron chi connectivity index (χ4n) is 3.66. The van der Waals surface area contributed by atoms with Crippen LogP contribution in [0.1, 0.15) is 18.1 Å². The lowest BCUT2D eigenvalue weighted by molar-refractivity contribution is 0.0339. The van der Waals surface area contributed by atoms with Crippen LogP contribution in [0.2, 0.25) is 0 Å². The quantitative estimate of drug-likeness (QED) is 0.719. The van der Waals surface area contributed by atoms with Gasteiger partial charge >= 0.3 is 6.01 Å². The second-order valence-electron chi connectivity index (χ2n) is 7.09. The number of anilines is 3. The molecule has 156 valence electrons. The number of morpholine rings is 1. The third-order valence-corrected chi connectivity index (χ3v) is 5.14. The summed E-state index contributed by atoms with van der Waals surface area (Å²) < 4.78 is 16.6. The van der Waals surface area contributed by atoms with Gasteiger partial charge in [-0.25, -0.2) is 0 Å². The third kappa shape index (κ3) is 4.30. The van der Waals surface area contributed by atoms with Gasteiger partial charge in [0.25, 0.3) is 0 Å². The molecule has 3 heterocycles. The molecule has 2 aromatic rings. The minimum atomic E-state index is 0.302. The molecule has 0 bridgehead atoms. The summed E-state index contributed by atoms with van der Waals surface area (Å²) in [5, 5.41) is 3.27. The molecule has 1 saturated heterocycles. The molecule has 0 unspecified atom stereocenters. The Kier molecular flexibility index (Phi) is 5.86. The van der Waals surface area contributed by atoms with Crippen molar-refractivity contribution in [1.29, 1.82) is 0 Å². The van der Waals surface area contributed by atoms with E-state index in [1.165, 1.54) is 5.56 Å². The number of nitrogens with zero attached hydrogens (tertiary/aromatic N) is 4. The fraction of sp³-hybridized carbons (Fsp3) is 0.500. The van der Waals surface area contributed by atoms with Crippen LogP contribution >= 0.6 is 0 Å². The third-order valence-electron chi connectivity index (χ3n) is 5.14. The van der Waals surface area contributed by atoms with Gasteiger partial charge < -0.3 is 30.2 Å². The molecule has 1 aromatic heterocycles. The molecule has 1 fully saturated rings. The molecule has 3 N–H and O–H groups in total. The zero-order chi connectivity index (χ0) is 20.2.